The minimum absolute atomic E-state index is 0.158. The van der Waals surface area contributed by atoms with Crippen LogP contribution in [0.5, 0.6) is 5.75 Å². The lowest BCUT2D eigenvalue weighted by atomic mass is 10.2. The quantitative estimate of drug-likeness (QED) is 0.382. The second kappa shape index (κ2) is 8.21. The van der Waals surface area contributed by atoms with Crippen LogP contribution in [0.4, 0.5) is 0 Å². The number of methoxy groups -OCH3 is 1. The number of para-hydroxylation sites is 1. The first-order valence-electron chi connectivity index (χ1n) is 9.85. The van der Waals surface area contributed by atoms with Crippen molar-refractivity contribution in [1.29, 1.82) is 5.26 Å². The molecule has 0 radical (unpaired) electrons. The summed E-state index contributed by atoms with van der Waals surface area (Å²) < 4.78 is 8.73. The molecule has 5 rings (SSSR count). The molecular formula is C24H17N5O2S. The molecule has 0 spiro atoms. The van der Waals surface area contributed by atoms with E-state index < -0.39 is 0 Å². The average molecular weight is 440 g/mol. The highest BCUT2D eigenvalue weighted by atomic mass is 32.2. The average Bonchev–Trinajstić information content (AvgIpc) is 3.27. The molecule has 0 aliphatic heterocycles. The van der Waals surface area contributed by atoms with Crippen molar-refractivity contribution >= 4 is 28.4 Å². The first kappa shape index (κ1) is 19.8. The minimum atomic E-state index is -0.158. The van der Waals surface area contributed by atoms with Crippen molar-refractivity contribution in [2.45, 2.75) is 10.9 Å². The Balaban J connectivity index is 1.65. The Hall–Kier alpha value is -4.09. The third-order valence-corrected chi connectivity index (χ3v) is 6.18. The smallest absolute Gasteiger partial charge is 0.267 e. The summed E-state index contributed by atoms with van der Waals surface area (Å²) in [4.78, 5) is 13.4. The fourth-order valence-corrected chi connectivity index (χ4v) is 4.46. The molecule has 0 saturated carbocycles. The van der Waals surface area contributed by atoms with Crippen LogP contribution in [0.2, 0.25) is 0 Å². The van der Waals surface area contributed by atoms with Gasteiger partial charge in [-0.05, 0) is 54.1 Å². The Bertz CT molecular complexity index is 1530. The number of rotatable bonds is 5. The van der Waals surface area contributed by atoms with Gasteiger partial charge < -0.3 is 4.74 Å². The number of hydrogen-bond donors (Lipinski definition) is 0. The van der Waals surface area contributed by atoms with E-state index in [1.165, 1.54) is 11.8 Å². The van der Waals surface area contributed by atoms with Gasteiger partial charge in [0.15, 0.2) is 5.16 Å². The highest BCUT2D eigenvalue weighted by Gasteiger charge is 2.18. The predicted octanol–water partition coefficient (Wildman–Crippen LogP) is 4.21. The van der Waals surface area contributed by atoms with E-state index in [1.807, 2.05) is 65.1 Å². The summed E-state index contributed by atoms with van der Waals surface area (Å²) in [5.74, 6) is 1.81. The number of nitriles is 1. The van der Waals surface area contributed by atoms with Crippen molar-refractivity contribution < 1.29 is 4.74 Å². The lowest BCUT2D eigenvalue weighted by molar-refractivity contribution is 0.414. The van der Waals surface area contributed by atoms with Crippen molar-refractivity contribution in [3.8, 4) is 17.5 Å². The zero-order chi connectivity index (χ0) is 22.1. The summed E-state index contributed by atoms with van der Waals surface area (Å²) in [5, 5.41) is 19.0. The Kier molecular flexibility index (Phi) is 5.09. The Morgan fingerprint density at radius 1 is 1.00 bits per heavy atom. The molecule has 2 heterocycles. The maximum atomic E-state index is 13.4. The highest BCUT2D eigenvalue weighted by Crippen LogP contribution is 2.26. The molecule has 0 bridgehead atoms. The van der Waals surface area contributed by atoms with Crippen molar-refractivity contribution in [1.82, 2.24) is 19.2 Å². The second-order valence-electron chi connectivity index (χ2n) is 7.07. The van der Waals surface area contributed by atoms with Gasteiger partial charge in [0.2, 0.25) is 5.78 Å². The van der Waals surface area contributed by atoms with Gasteiger partial charge in [-0.3, -0.25) is 9.20 Å². The predicted molar refractivity (Wildman–Crippen MR) is 123 cm³/mol. The van der Waals surface area contributed by atoms with Gasteiger partial charge in [0, 0.05) is 5.75 Å². The number of aromatic nitrogens is 4. The monoisotopic (exact) mass is 439 g/mol. The van der Waals surface area contributed by atoms with Crippen LogP contribution in [0, 0.1) is 11.3 Å². The zero-order valence-electron chi connectivity index (χ0n) is 17.1. The molecule has 5 aromatic rings. The Labute approximate surface area is 187 Å². The van der Waals surface area contributed by atoms with Crippen LogP contribution in [0.1, 0.15) is 11.1 Å². The normalized spacial score (nSPS) is 11.0. The molecule has 32 heavy (non-hydrogen) atoms. The first-order chi connectivity index (χ1) is 15.7. The van der Waals surface area contributed by atoms with Crippen LogP contribution in [0.3, 0.4) is 0 Å². The third-order valence-electron chi connectivity index (χ3n) is 5.18. The van der Waals surface area contributed by atoms with Gasteiger partial charge in [-0.2, -0.15) is 5.26 Å². The summed E-state index contributed by atoms with van der Waals surface area (Å²) >= 11 is 1.52. The van der Waals surface area contributed by atoms with Gasteiger partial charge in [-0.1, -0.05) is 36.0 Å². The number of benzene rings is 3. The van der Waals surface area contributed by atoms with Crippen LogP contribution in [-0.2, 0) is 5.75 Å². The molecule has 7 nitrogen and oxygen atoms in total. The van der Waals surface area contributed by atoms with E-state index in [0.717, 1.165) is 11.1 Å². The summed E-state index contributed by atoms with van der Waals surface area (Å²) in [6.07, 6.45) is 0. The van der Waals surface area contributed by atoms with Crippen molar-refractivity contribution in [2.24, 2.45) is 0 Å². The summed E-state index contributed by atoms with van der Waals surface area (Å²) in [6.45, 7) is 0. The summed E-state index contributed by atoms with van der Waals surface area (Å²) in [5.41, 5.74) is 2.97. The molecule has 0 atom stereocenters. The van der Waals surface area contributed by atoms with Gasteiger partial charge >= 0.3 is 0 Å². The zero-order valence-corrected chi connectivity index (χ0v) is 17.9. The summed E-state index contributed by atoms with van der Waals surface area (Å²) in [6, 6.07) is 24.3. The molecule has 0 unspecified atom stereocenters. The molecule has 2 aromatic heterocycles. The van der Waals surface area contributed by atoms with Crippen molar-refractivity contribution in [3.05, 3.63) is 94.3 Å². The standard InChI is InChI=1S/C24H17N5O2S/c1-31-19-12-10-18(11-13-19)28-22(30)20-4-2-3-5-21(20)29-23(28)26-27-24(29)32-15-17-8-6-16(14-25)7-9-17/h2-13H,15H2,1H3. The van der Waals surface area contributed by atoms with Gasteiger partial charge in [0.1, 0.15) is 5.75 Å². The summed E-state index contributed by atoms with van der Waals surface area (Å²) in [7, 11) is 1.60. The van der Waals surface area contributed by atoms with E-state index in [9.17, 15) is 4.79 Å². The number of fused-ring (bicyclic) bond motifs is 3. The number of nitrogens with zero attached hydrogens (tertiary/aromatic N) is 5. The third kappa shape index (κ3) is 3.39. The first-order valence-corrected chi connectivity index (χ1v) is 10.8. The highest BCUT2D eigenvalue weighted by molar-refractivity contribution is 7.98. The second-order valence-corrected chi connectivity index (χ2v) is 8.01. The molecule has 0 aliphatic carbocycles. The molecule has 0 amide bonds. The molecule has 0 aliphatic rings. The van der Waals surface area contributed by atoms with Gasteiger partial charge in [-0.15, -0.1) is 10.2 Å². The van der Waals surface area contributed by atoms with Crippen molar-refractivity contribution in [2.75, 3.05) is 7.11 Å². The van der Waals surface area contributed by atoms with Crippen LogP contribution in [-0.4, -0.2) is 26.3 Å². The van der Waals surface area contributed by atoms with Crippen LogP contribution in [0.25, 0.3) is 22.4 Å². The van der Waals surface area contributed by atoms with Gasteiger partial charge in [0.25, 0.3) is 5.56 Å². The SMILES string of the molecule is COc1ccc(-n2c(=O)c3ccccc3n3c(SCc4ccc(C#N)cc4)nnc23)cc1. The lowest BCUT2D eigenvalue weighted by Crippen LogP contribution is -2.21. The van der Waals surface area contributed by atoms with Gasteiger partial charge in [-0.25, -0.2) is 4.57 Å². The molecule has 3 aromatic carbocycles. The molecular weight excluding hydrogens is 422 g/mol. The van der Waals surface area contributed by atoms with E-state index in [-0.39, 0.29) is 5.56 Å². The molecule has 0 saturated heterocycles. The van der Waals surface area contributed by atoms with E-state index in [0.29, 0.717) is 39.1 Å². The maximum absolute atomic E-state index is 13.4. The fourth-order valence-electron chi connectivity index (χ4n) is 3.56. The van der Waals surface area contributed by atoms with E-state index >= 15 is 0 Å². The number of ether oxygens (including phenoxy) is 1. The Morgan fingerprint density at radius 3 is 2.47 bits per heavy atom. The largest absolute Gasteiger partial charge is 0.497 e. The van der Waals surface area contributed by atoms with E-state index in [2.05, 4.69) is 16.3 Å². The Morgan fingerprint density at radius 2 is 1.75 bits per heavy atom. The van der Waals surface area contributed by atoms with Crippen LogP contribution >= 0.6 is 11.8 Å². The minimum Gasteiger partial charge on any atom is -0.497 e. The molecule has 8 heteroatoms. The molecule has 0 N–H and O–H groups in total. The van der Waals surface area contributed by atoms with Crippen LogP contribution in [0.15, 0.2) is 82.7 Å². The van der Waals surface area contributed by atoms with Crippen LogP contribution < -0.4 is 10.3 Å². The van der Waals surface area contributed by atoms with Crippen molar-refractivity contribution in [3.63, 3.8) is 0 Å². The molecule has 0 fully saturated rings. The molecule has 156 valence electrons. The lowest BCUT2D eigenvalue weighted by Gasteiger charge is -2.12. The van der Waals surface area contributed by atoms with Gasteiger partial charge in [0.05, 0.1) is 35.3 Å². The number of thioether (sulfide) groups is 1. The maximum Gasteiger partial charge on any atom is 0.267 e. The topological polar surface area (TPSA) is 85.2 Å². The van der Waals surface area contributed by atoms with E-state index in [1.54, 1.807) is 23.8 Å². The van der Waals surface area contributed by atoms with E-state index in [4.69, 9.17) is 10.00 Å². The fraction of sp³-hybridized carbons (Fsp3) is 0.0833. The number of hydrogen-bond acceptors (Lipinski definition) is 6.